The van der Waals surface area contributed by atoms with E-state index in [0.717, 1.165) is 13.8 Å². The molecule has 420 valence electrons. The van der Waals surface area contributed by atoms with Crippen LogP contribution in [0, 0.1) is 11.8 Å². The molecule has 8 amide bonds. The van der Waals surface area contributed by atoms with E-state index in [1.165, 1.54) is 6.92 Å². The first kappa shape index (κ1) is 65.7. The van der Waals surface area contributed by atoms with Gasteiger partial charge in [0, 0.05) is 25.7 Å². The number of aliphatic hydroxyl groups excluding tert-OH is 3. The van der Waals surface area contributed by atoms with E-state index in [2.05, 4.69) is 37.2 Å². The Labute approximate surface area is 432 Å². The van der Waals surface area contributed by atoms with Crippen LogP contribution in [0.2, 0.25) is 0 Å². The van der Waals surface area contributed by atoms with Gasteiger partial charge in [-0.25, -0.2) is 4.79 Å². The Kier molecular flexibility index (Phi) is 28.7. The normalized spacial score (nSPS) is 16.3. The molecule has 0 fully saturated rings. The summed E-state index contributed by atoms with van der Waals surface area (Å²) in [5.41, 5.74) is 6.44. The van der Waals surface area contributed by atoms with Crippen molar-refractivity contribution in [2.24, 2.45) is 17.6 Å². The topological polar surface area (TPSA) is 469 Å². The molecule has 0 radical (unpaired) electrons. The van der Waals surface area contributed by atoms with Gasteiger partial charge in [0.05, 0.1) is 24.9 Å². The summed E-state index contributed by atoms with van der Waals surface area (Å²) in [5.74, 6) is -15.8. The van der Waals surface area contributed by atoms with E-state index in [-0.39, 0.29) is 18.8 Å². The largest absolute Gasteiger partial charge is 0.481 e. The van der Waals surface area contributed by atoms with Crippen molar-refractivity contribution in [3.8, 4) is 0 Å². The fourth-order valence-electron chi connectivity index (χ4n) is 6.97. The molecule has 0 saturated carbocycles. The maximum atomic E-state index is 14.2. The Balaban J connectivity index is 3.55. The van der Waals surface area contributed by atoms with E-state index in [9.17, 15) is 93.3 Å². The molecule has 0 saturated heterocycles. The minimum Gasteiger partial charge on any atom is -0.481 e. The molecule has 0 aliphatic heterocycles. The molecule has 0 aromatic heterocycles. The minimum atomic E-state index is -2.00. The first-order valence-corrected chi connectivity index (χ1v) is 24.2. The van der Waals surface area contributed by atoms with Gasteiger partial charge in [-0.3, -0.25) is 52.7 Å². The quantitative estimate of drug-likeness (QED) is 0.0308. The van der Waals surface area contributed by atoms with Crippen LogP contribution in [0.5, 0.6) is 0 Å². The van der Waals surface area contributed by atoms with E-state index < -0.39 is 189 Å². The number of carbonyl (C=O) groups is 12. The van der Waals surface area contributed by atoms with Crippen LogP contribution in [0.3, 0.4) is 0 Å². The summed E-state index contributed by atoms with van der Waals surface area (Å²) in [6.07, 6.45) is -6.88. The van der Waals surface area contributed by atoms with E-state index in [1.54, 1.807) is 51.1 Å². The van der Waals surface area contributed by atoms with Crippen molar-refractivity contribution in [1.82, 2.24) is 42.5 Å². The highest BCUT2D eigenvalue weighted by molar-refractivity contribution is 5.98. The maximum absolute atomic E-state index is 14.2. The Bertz CT molecular complexity index is 2150. The second kappa shape index (κ2) is 32.8. The van der Waals surface area contributed by atoms with E-state index >= 15 is 0 Å². The fraction of sp³-hybridized carbons (Fsp3) is 0.617. The fourth-order valence-corrected chi connectivity index (χ4v) is 6.97. The minimum absolute atomic E-state index is 0.217. The lowest BCUT2D eigenvalue weighted by atomic mass is 9.96. The second-order valence-electron chi connectivity index (χ2n) is 18.1. The first-order chi connectivity index (χ1) is 35.1. The molecule has 0 spiro atoms. The lowest BCUT2D eigenvalue weighted by Gasteiger charge is -2.30. The van der Waals surface area contributed by atoms with Crippen molar-refractivity contribution < 1.29 is 93.3 Å². The van der Waals surface area contributed by atoms with Crippen LogP contribution in [-0.2, 0) is 64.0 Å². The third kappa shape index (κ3) is 23.2. The zero-order valence-electron chi connectivity index (χ0n) is 42.6. The maximum Gasteiger partial charge on any atom is 0.328 e. The SMILES string of the molecule is CC[C@H](C)[C@H](N)C(=O)N[C@@H](CCC(=O)O)C(=O)N[C@@H](CCC(=O)O)C(=O)N[C@H](C(=O)N[C@H](C(=O)N[C@@H](Cc1ccccc1)C(=O)N[C@H](C(=O)N[C@@H](CCC(=O)O)C(=O)N[C@@H](CO)C(=O)O)[C@@H](C)CC)[C@@H](C)O)[C@@H](C)O. The molecule has 28 nitrogen and oxygen atoms in total. The van der Waals surface area contributed by atoms with E-state index in [4.69, 9.17) is 5.73 Å². The van der Waals surface area contributed by atoms with Crippen molar-refractivity contribution in [2.45, 2.75) is 166 Å². The summed E-state index contributed by atoms with van der Waals surface area (Å²) in [4.78, 5) is 155. The standard InChI is InChI=1S/C47H73N9O19/c1-7-22(3)35(48)43(70)50-27(14-17-32(60)61)39(66)49-29(16-19-34(64)65)41(68)55-38(25(6)59)46(73)56-37(24(5)58)45(72)52-30(20-26-12-10-9-11-13-26)42(69)54-36(23(4)8-2)44(71)51-28(15-18-33(62)63)40(67)53-31(21-57)47(74)75/h9-13,22-25,27-31,35-38,57-59H,7-8,14-21,48H2,1-6H3,(H,49,66)(H,50,70)(H,51,71)(H,52,72)(H,53,67)(H,54,69)(H,55,68)(H,56,73)(H,60,61)(H,62,63)(H,64,65)(H,74,75)/t22-,23-,24+,25+,27-,28-,29-,30-,31-,35-,36-,37-,38-/m0/s1. The number of aliphatic hydroxyl groups is 3. The van der Waals surface area contributed by atoms with E-state index in [0.29, 0.717) is 12.0 Å². The van der Waals surface area contributed by atoms with Crippen molar-refractivity contribution >= 4 is 71.1 Å². The molecular formula is C47H73N9O19. The number of benzene rings is 1. The number of hydrogen-bond donors (Lipinski definition) is 16. The highest BCUT2D eigenvalue weighted by atomic mass is 16.4. The van der Waals surface area contributed by atoms with Crippen molar-refractivity contribution in [3.05, 3.63) is 35.9 Å². The number of carboxylic acid groups (broad SMARTS) is 4. The highest BCUT2D eigenvalue weighted by Gasteiger charge is 2.38. The van der Waals surface area contributed by atoms with Crippen LogP contribution in [0.25, 0.3) is 0 Å². The summed E-state index contributed by atoms with van der Waals surface area (Å²) >= 11 is 0. The molecule has 75 heavy (non-hydrogen) atoms. The molecule has 0 heterocycles. The van der Waals surface area contributed by atoms with Crippen LogP contribution < -0.4 is 48.3 Å². The average molecular weight is 1070 g/mol. The number of aliphatic carboxylic acids is 4. The Morgan fingerprint density at radius 3 is 1.19 bits per heavy atom. The van der Waals surface area contributed by atoms with Gasteiger partial charge in [-0.05, 0) is 50.5 Å². The molecule has 0 aliphatic rings. The lowest BCUT2D eigenvalue weighted by Crippen LogP contribution is -2.64. The molecule has 0 unspecified atom stereocenters. The van der Waals surface area contributed by atoms with Gasteiger partial charge >= 0.3 is 23.9 Å². The number of amides is 8. The number of nitrogens with two attached hydrogens (primary N) is 1. The van der Waals surface area contributed by atoms with Gasteiger partial charge < -0.3 is 84.0 Å². The molecule has 17 N–H and O–H groups in total. The molecule has 0 bridgehead atoms. The number of rotatable bonds is 35. The predicted molar refractivity (Wildman–Crippen MR) is 261 cm³/mol. The zero-order chi connectivity index (χ0) is 57.3. The van der Waals surface area contributed by atoms with E-state index in [1.807, 2.05) is 5.32 Å². The molecule has 0 aliphatic carbocycles. The van der Waals surface area contributed by atoms with Gasteiger partial charge in [-0.2, -0.15) is 0 Å². The molecule has 1 aromatic rings. The van der Waals surface area contributed by atoms with Gasteiger partial charge in [0.2, 0.25) is 47.3 Å². The van der Waals surface area contributed by atoms with Crippen LogP contribution in [0.15, 0.2) is 30.3 Å². The number of nitrogens with one attached hydrogen (secondary N) is 8. The van der Waals surface area contributed by atoms with Crippen LogP contribution in [0.1, 0.15) is 98.5 Å². The van der Waals surface area contributed by atoms with Crippen molar-refractivity contribution in [2.75, 3.05) is 6.61 Å². The summed E-state index contributed by atoms with van der Waals surface area (Å²) in [6.45, 7) is 7.66. The van der Waals surface area contributed by atoms with Gasteiger partial charge in [-0.15, -0.1) is 0 Å². The monoisotopic (exact) mass is 1070 g/mol. The Morgan fingerprint density at radius 1 is 0.453 bits per heavy atom. The van der Waals surface area contributed by atoms with Crippen LogP contribution >= 0.6 is 0 Å². The smallest absolute Gasteiger partial charge is 0.328 e. The Hall–Kier alpha value is -7.30. The number of carbonyl (C=O) groups excluding carboxylic acids is 8. The molecule has 28 heteroatoms. The molecule has 1 aromatic carbocycles. The van der Waals surface area contributed by atoms with Crippen LogP contribution in [0.4, 0.5) is 0 Å². The molecule has 1 rings (SSSR count). The van der Waals surface area contributed by atoms with Crippen molar-refractivity contribution in [1.29, 1.82) is 0 Å². The van der Waals surface area contributed by atoms with Crippen LogP contribution in [-0.4, -0.2) is 180 Å². The van der Waals surface area contributed by atoms with Gasteiger partial charge in [0.1, 0.15) is 48.3 Å². The van der Waals surface area contributed by atoms with Gasteiger partial charge in [0.25, 0.3) is 0 Å². The van der Waals surface area contributed by atoms with Gasteiger partial charge in [0.15, 0.2) is 0 Å². The van der Waals surface area contributed by atoms with Crippen molar-refractivity contribution in [3.63, 3.8) is 0 Å². The third-order valence-electron chi connectivity index (χ3n) is 12.0. The Morgan fingerprint density at radius 2 is 0.787 bits per heavy atom. The lowest BCUT2D eigenvalue weighted by molar-refractivity contribution is -0.144. The third-order valence-corrected chi connectivity index (χ3v) is 12.0. The highest BCUT2D eigenvalue weighted by Crippen LogP contribution is 2.13. The predicted octanol–water partition coefficient (Wildman–Crippen LogP) is -4.04. The number of hydrogen-bond acceptors (Lipinski definition) is 16. The summed E-state index contributed by atoms with van der Waals surface area (Å²) in [6, 6.07) is -7.03. The zero-order valence-corrected chi connectivity index (χ0v) is 42.6. The first-order valence-electron chi connectivity index (χ1n) is 24.2. The molecule has 13 atom stereocenters. The summed E-state index contributed by atoms with van der Waals surface area (Å²) < 4.78 is 0. The summed E-state index contributed by atoms with van der Waals surface area (Å²) in [5, 5.41) is 86.5. The second-order valence-corrected chi connectivity index (χ2v) is 18.1. The average Bonchev–Trinajstić information content (AvgIpc) is 3.35. The summed E-state index contributed by atoms with van der Waals surface area (Å²) in [7, 11) is 0. The number of carboxylic acids is 4. The van der Waals surface area contributed by atoms with Gasteiger partial charge in [-0.1, -0.05) is 70.9 Å². The molecular weight excluding hydrogens is 995 g/mol.